The minimum Gasteiger partial charge on any atom is -0.461 e. The molecule has 2 saturated heterocycles. The second-order valence-electron chi connectivity index (χ2n) is 6.04. The van der Waals surface area contributed by atoms with Crippen molar-refractivity contribution in [2.24, 2.45) is 0 Å². The molecular weight excluding hydrogens is 299 g/mol. The third-order valence-electron chi connectivity index (χ3n) is 4.37. The lowest BCUT2D eigenvalue weighted by Gasteiger charge is -2.34. The second kappa shape index (κ2) is 5.57. The van der Waals surface area contributed by atoms with Gasteiger partial charge in [-0.3, -0.25) is 14.8 Å². The number of likely N-dealkylation sites (tertiary alicyclic amines) is 1. The molecule has 0 radical (unpaired) electrons. The van der Waals surface area contributed by atoms with E-state index in [2.05, 4.69) is 10.2 Å². The number of carbonyl (C=O) groups is 1. The number of nitrogens with one attached hydrogen (secondary N) is 1. The minimum absolute atomic E-state index is 0.0685. The van der Waals surface area contributed by atoms with Crippen LogP contribution >= 0.6 is 0 Å². The predicted molar refractivity (Wildman–Crippen MR) is 71.1 cm³/mol. The Balaban J connectivity index is 1.71. The van der Waals surface area contributed by atoms with Crippen LogP contribution in [0.1, 0.15) is 43.5 Å². The summed E-state index contributed by atoms with van der Waals surface area (Å²) >= 11 is 0. The molecule has 0 unspecified atom stereocenters. The maximum absolute atomic E-state index is 12.6. The molecule has 22 heavy (non-hydrogen) atoms. The molecule has 0 amide bonds. The van der Waals surface area contributed by atoms with E-state index in [1.165, 1.54) is 0 Å². The van der Waals surface area contributed by atoms with Gasteiger partial charge in [0.1, 0.15) is 12.1 Å². The Morgan fingerprint density at radius 1 is 1.45 bits per heavy atom. The molecule has 122 valence electrons. The average Bonchev–Trinajstić information content (AvgIpc) is 3.05. The standard InChI is InChI=1S/C14H18F3N3O2/c1-8-5-11(13(21)22-8)20-4-2-3-9(7-20)10-6-12(19-18-10)14(15,16)17/h6,8-9,11H,2-5,7H2,1H3,(H,18,19)/t8-,9+,11+/m1/s1. The van der Waals surface area contributed by atoms with Gasteiger partial charge in [-0.25, -0.2) is 0 Å². The van der Waals surface area contributed by atoms with Crippen LogP contribution in [0.3, 0.4) is 0 Å². The average molecular weight is 317 g/mol. The fourth-order valence-electron chi connectivity index (χ4n) is 3.27. The maximum Gasteiger partial charge on any atom is 0.435 e. The largest absolute Gasteiger partial charge is 0.461 e. The van der Waals surface area contributed by atoms with Gasteiger partial charge < -0.3 is 4.74 Å². The molecule has 2 aliphatic rings. The molecule has 0 saturated carbocycles. The number of H-pyrrole nitrogens is 1. The molecule has 1 N–H and O–H groups in total. The summed E-state index contributed by atoms with van der Waals surface area (Å²) in [6, 6.07) is 0.798. The van der Waals surface area contributed by atoms with Gasteiger partial charge in [-0.05, 0) is 32.4 Å². The van der Waals surface area contributed by atoms with Crippen LogP contribution in [-0.2, 0) is 15.7 Å². The third-order valence-corrected chi connectivity index (χ3v) is 4.37. The number of halogens is 3. The summed E-state index contributed by atoms with van der Waals surface area (Å²) in [7, 11) is 0. The summed E-state index contributed by atoms with van der Waals surface area (Å²) in [6.45, 7) is 3.17. The molecule has 0 aromatic carbocycles. The molecule has 0 bridgehead atoms. The van der Waals surface area contributed by atoms with Crippen LogP contribution in [0.25, 0.3) is 0 Å². The van der Waals surface area contributed by atoms with E-state index in [-0.39, 0.29) is 24.0 Å². The van der Waals surface area contributed by atoms with Crippen molar-refractivity contribution in [1.82, 2.24) is 15.1 Å². The van der Waals surface area contributed by atoms with Gasteiger partial charge in [0.25, 0.3) is 0 Å². The zero-order chi connectivity index (χ0) is 15.9. The highest BCUT2D eigenvalue weighted by atomic mass is 19.4. The van der Waals surface area contributed by atoms with E-state index in [9.17, 15) is 18.0 Å². The number of rotatable bonds is 2. The predicted octanol–water partition coefficient (Wildman–Crippen LogP) is 2.31. The number of aromatic amines is 1. The quantitative estimate of drug-likeness (QED) is 0.851. The highest BCUT2D eigenvalue weighted by Crippen LogP contribution is 2.33. The lowest BCUT2D eigenvalue weighted by atomic mass is 9.93. The molecule has 3 heterocycles. The molecule has 2 fully saturated rings. The Morgan fingerprint density at radius 2 is 2.23 bits per heavy atom. The van der Waals surface area contributed by atoms with E-state index in [0.29, 0.717) is 18.7 Å². The van der Waals surface area contributed by atoms with Gasteiger partial charge in [0.2, 0.25) is 0 Å². The molecule has 3 rings (SSSR count). The smallest absolute Gasteiger partial charge is 0.435 e. The Hall–Kier alpha value is -1.57. The van der Waals surface area contributed by atoms with Crippen molar-refractivity contribution in [3.05, 3.63) is 17.5 Å². The van der Waals surface area contributed by atoms with E-state index in [4.69, 9.17) is 4.74 Å². The van der Waals surface area contributed by atoms with Crippen LogP contribution in [0.2, 0.25) is 0 Å². The Labute approximate surface area is 125 Å². The highest BCUT2D eigenvalue weighted by molar-refractivity contribution is 5.78. The molecule has 3 atom stereocenters. The zero-order valence-electron chi connectivity index (χ0n) is 12.2. The molecule has 1 aromatic heterocycles. The number of cyclic esters (lactones) is 1. The normalized spacial score (nSPS) is 30.5. The van der Waals surface area contributed by atoms with Gasteiger partial charge >= 0.3 is 12.1 Å². The molecule has 2 aliphatic heterocycles. The first-order chi connectivity index (χ1) is 10.3. The first-order valence-electron chi connectivity index (χ1n) is 7.41. The van der Waals surface area contributed by atoms with E-state index >= 15 is 0 Å². The van der Waals surface area contributed by atoms with Gasteiger partial charge in [0.05, 0.1) is 0 Å². The summed E-state index contributed by atoms with van der Waals surface area (Å²) in [5.41, 5.74) is -0.412. The number of hydrogen-bond acceptors (Lipinski definition) is 4. The molecular formula is C14H18F3N3O2. The highest BCUT2D eigenvalue weighted by Gasteiger charge is 2.39. The van der Waals surface area contributed by atoms with Crippen LogP contribution in [0, 0.1) is 0 Å². The van der Waals surface area contributed by atoms with Crippen LogP contribution in [0.4, 0.5) is 13.2 Å². The van der Waals surface area contributed by atoms with Crippen molar-refractivity contribution in [3.8, 4) is 0 Å². The third kappa shape index (κ3) is 2.97. The van der Waals surface area contributed by atoms with Gasteiger partial charge in [0.15, 0.2) is 5.69 Å². The van der Waals surface area contributed by atoms with Gasteiger partial charge in [0, 0.05) is 24.6 Å². The SMILES string of the molecule is C[C@@H]1C[C@H](N2CCC[C@H](c3cc(C(F)(F)F)n[nH]3)C2)C(=O)O1. The number of ether oxygens (including phenoxy) is 1. The Kier molecular flexibility index (Phi) is 3.88. The van der Waals surface area contributed by atoms with E-state index in [0.717, 1.165) is 25.5 Å². The molecule has 0 aliphatic carbocycles. The van der Waals surface area contributed by atoms with Crippen molar-refractivity contribution >= 4 is 5.97 Å². The van der Waals surface area contributed by atoms with Crippen LogP contribution < -0.4 is 0 Å². The van der Waals surface area contributed by atoms with Crippen molar-refractivity contribution in [1.29, 1.82) is 0 Å². The van der Waals surface area contributed by atoms with Crippen LogP contribution in [0.5, 0.6) is 0 Å². The van der Waals surface area contributed by atoms with Crippen LogP contribution in [-0.4, -0.2) is 46.3 Å². The fourth-order valence-corrected chi connectivity index (χ4v) is 3.27. The first-order valence-corrected chi connectivity index (χ1v) is 7.41. The second-order valence-corrected chi connectivity index (χ2v) is 6.04. The number of esters is 1. The molecule has 8 heteroatoms. The lowest BCUT2D eigenvalue weighted by Crippen LogP contribution is -2.44. The van der Waals surface area contributed by atoms with E-state index < -0.39 is 11.9 Å². The Bertz CT molecular complexity index is 558. The van der Waals surface area contributed by atoms with Crippen LogP contribution in [0.15, 0.2) is 6.07 Å². The fraction of sp³-hybridized carbons (Fsp3) is 0.714. The number of aromatic nitrogens is 2. The van der Waals surface area contributed by atoms with Gasteiger partial charge in [-0.15, -0.1) is 0 Å². The lowest BCUT2D eigenvalue weighted by molar-refractivity contribution is -0.145. The number of nitrogens with zero attached hydrogens (tertiary/aromatic N) is 2. The maximum atomic E-state index is 12.6. The number of hydrogen-bond donors (Lipinski definition) is 1. The van der Waals surface area contributed by atoms with Crippen molar-refractivity contribution in [3.63, 3.8) is 0 Å². The van der Waals surface area contributed by atoms with Gasteiger partial charge in [-0.2, -0.15) is 18.3 Å². The summed E-state index contributed by atoms with van der Waals surface area (Å²) in [4.78, 5) is 13.9. The number of carbonyl (C=O) groups excluding carboxylic acids is 1. The van der Waals surface area contributed by atoms with Crippen molar-refractivity contribution < 1.29 is 22.7 Å². The minimum atomic E-state index is -4.44. The molecule has 5 nitrogen and oxygen atoms in total. The van der Waals surface area contributed by atoms with Gasteiger partial charge in [-0.1, -0.05) is 0 Å². The van der Waals surface area contributed by atoms with Crippen molar-refractivity contribution in [2.45, 2.75) is 50.4 Å². The van der Waals surface area contributed by atoms with E-state index in [1.807, 2.05) is 11.8 Å². The van der Waals surface area contributed by atoms with Crippen molar-refractivity contribution in [2.75, 3.05) is 13.1 Å². The topological polar surface area (TPSA) is 58.2 Å². The molecule has 1 aromatic rings. The summed E-state index contributed by atoms with van der Waals surface area (Å²) in [5, 5.41) is 5.85. The summed E-state index contributed by atoms with van der Waals surface area (Å²) in [5.74, 6) is -0.296. The number of alkyl halides is 3. The zero-order valence-corrected chi connectivity index (χ0v) is 12.2. The monoisotopic (exact) mass is 317 g/mol. The summed E-state index contributed by atoms with van der Waals surface area (Å²) < 4.78 is 43.1. The van der Waals surface area contributed by atoms with E-state index in [1.54, 1.807) is 0 Å². The first kappa shape index (κ1) is 15.3. The number of piperidine rings is 1. The Morgan fingerprint density at radius 3 is 2.82 bits per heavy atom. The molecule has 0 spiro atoms. The summed E-state index contributed by atoms with van der Waals surface area (Å²) in [6.07, 6.45) is -2.27.